The molecule has 3 atom stereocenters. The van der Waals surface area contributed by atoms with E-state index in [4.69, 9.17) is 4.74 Å². The van der Waals surface area contributed by atoms with Crippen molar-refractivity contribution in [2.24, 2.45) is 11.8 Å². The fourth-order valence-corrected chi connectivity index (χ4v) is 3.49. The predicted octanol–water partition coefficient (Wildman–Crippen LogP) is 4.21. The van der Waals surface area contributed by atoms with Gasteiger partial charge in [-0.1, -0.05) is 20.8 Å². The number of ether oxygens (including phenoxy) is 1. The minimum atomic E-state index is -0.878. The van der Waals surface area contributed by atoms with Crippen LogP contribution >= 0.6 is 11.3 Å². The van der Waals surface area contributed by atoms with Gasteiger partial charge in [0.15, 0.2) is 4.88 Å². The molecule has 0 saturated heterocycles. The molecule has 0 radical (unpaired) electrons. The Morgan fingerprint density at radius 2 is 2.16 bits per heavy atom. The van der Waals surface area contributed by atoms with E-state index in [2.05, 4.69) is 13.8 Å². The highest BCUT2D eigenvalue weighted by Gasteiger charge is 2.27. The Hall–Kier alpha value is -1.03. The lowest BCUT2D eigenvalue weighted by Gasteiger charge is -2.32. The van der Waals surface area contributed by atoms with Crippen LogP contribution in [-0.2, 0) is 6.42 Å². The second kappa shape index (κ2) is 5.95. The molecule has 3 unspecified atom stereocenters. The van der Waals surface area contributed by atoms with Crippen molar-refractivity contribution in [3.63, 3.8) is 0 Å². The smallest absolute Gasteiger partial charge is 0.349 e. The van der Waals surface area contributed by atoms with Gasteiger partial charge in [0.1, 0.15) is 5.75 Å². The Bertz CT molecular complexity index is 452. The SMILES string of the molecule is CCc1cc(OC2CCC(C)C(C)C2)c(C(=O)O)s1. The summed E-state index contributed by atoms with van der Waals surface area (Å²) in [4.78, 5) is 12.7. The Labute approximate surface area is 118 Å². The Balaban J connectivity index is 2.10. The van der Waals surface area contributed by atoms with Crippen LogP contribution in [0.25, 0.3) is 0 Å². The molecule has 4 heteroatoms. The van der Waals surface area contributed by atoms with Crippen molar-refractivity contribution in [1.82, 2.24) is 0 Å². The monoisotopic (exact) mass is 282 g/mol. The van der Waals surface area contributed by atoms with Crippen molar-refractivity contribution in [3.05, 3.63) is 15.8 Å². The third kappa shape index (κ3) is 3.30. The molecule has 1 aliphatic rings. The fourth-order valence-electron chi connectivity index (χ4n) is 2.62. The summed E-state index contributed by atoms with van der Waals surface area (Å²) in [5.41, 5.74) is 0. The molecule has 0 spiro atoms. The average molecular weight is 282 g/mol. The van der Waals surface area contributed by atoms with Gasteiger partial charge in [-0.25, -0.2) is 4.79 Å². The number of carbonyl (C=O) groups is 1. The summed E-state index contributed by atoms with van der Waals surface area (Å²) in [7, 11) is 0. The maximum absolute atomic E-state index is 11.2. The van der Waals surface area contributed by atoms with Crippen molar-refractivity contribution in [2.45, 2.75) is 52.6 Å². The summed E-state index contributed by atoms with van der Waals surface area (Å²) in [6.07, 6.45) is 4.24. The number of hydrogen-bond acceptors (Lipinski definition) is 3. The van der Waals surface area contributed by atoms with Crippen LogP contribution in [0.4, 0.5) is 0 Å². The fraction of sp³-hybridized carbons (Fsp3) is 0.667. The summed E-state index contributed by atoms with van der Waals surface area (Å²) < 4.78 is 5.98. The molecule has 106 valence electrons. The van der Waals surface area contributed by atoms with Gasteiger partial charge < -0.3 is 9.84 Å². The highest BCUT2D eigenvalue weighted by atomic mass is 32.1. The van der Waals surface area contributed by atoms with Gasteiger partial charge in [-0.15, -0.1) is 11.3 Å². The van der Waals surface area contributed by atoms with Crippen LogP contribution < -0.4 is 4.74 Å². The lowest BCUT2D eigenvalue weighted by molar-refractivity contribution is 0.0683. The number of aryl methyl sites for hydroxylation is 1. The summed E-state index contributed by atoms with van der Waals surface area (Å²) in [5, 5.41) is 9.23. The van der Waals surface area contributed by atoms with E-state index in [1.165, 1.54) is 17.8 Å². The van der Waals surface area contributed by atoms with Gasteiger partial charge >= 0.3 is 5.97 Å². The average Bonchev–Trinajstić information content (AvgIpc) is 2.77. The minimum Gasteiger partial charge on any atom is -0.489 e. The molecule has 3 nitrogen and oxygen atoms in total. The van der Waals surface area contributed by atoms with Crippen molar-refractivity contribution in [2.75, 3.05) is 0 Å². The van der Waals surface area contributed by atoms with Gasteiger partial charge in [0.2, 0.25) is 0 Å². The summed E-state index contributed by atoms with van der Waals surface area (Å²) >= 11 is 1.33. The van der Waals surface area contributed by atoms with E-state index in [9.17, 15) is 9.90 Å². The van der Waals surface area contributed by atoms with Crippen LogP contribution in [0.15, 0.2) is 6.07 Å². The van der Waals surface area contributed by atoms with E-state index < -0.39 is 5.97 Å². The molecule has 0 aliphatic heterocycles. The highest BCUT2D eigenvalue weighted by Crippen LogP contribution is 2.35. The zero-order chi connectivity index (χ0) is 14.0. The van der Waals surface area contributed by atoms with Crippen molar-refractivity contribution >= 4 is 17.3 Å². The van der Waals surface area contributed by atoms with E-state index in [0.29, 0.717) is 16.5 Å². The number of rotatable bonds is 4. The number of carboxylic acid groups (broad SMARTS) is 1. The van der Waals surface area contributed by atoms with Crippen LogP contribution in [0.1, 0.15) is 54.6 Å². The number of hydrogen-bond donors (Lipinski definition) is 1. The molecule has 0 amide bonds. The van der Waals surface area contributed by atoms with Crippen molar-refractivity contribution in [1.29, 1.82) is 0 Å². The quantitative estimate of drug-likeness (QED) is 0.899. The zero-order valence-electron chi connectivity index (χ0n) is 11.8. The standard InChI is InChI=1S/C15H22O3S/c1-4-12-8-13(14(19-12)15(16)17)18-11-6-5-9(2)10(3)7-11/h8-11H,4-7H2,1-3H3,(H,16,17). The van der Waals surface area contributed by atoms with Crippen molar-refractivity contribution < 1.29 is 14.6 Å². The first-order valence-corrected chi connectivity index (χ1v) is 7.85. The molecule has 1 saturated carbocycles. The molecule has 1 fully saturated rings. The third-order valence-electron chi connectivity index (χ3n) is 4.14. The van der Waals surface area contributed by atoms with Crippen LogP contribution in [0.2, 0.25) is 0 Å². The summed E-state index contributed by atoms with van der Waals surface area (Å²) in [5.74, 6) is 1.09. The molecule has 1 N–H and O–H groups in total. The second-order valence-corrected chi connectivity index (χ2v) is 6.71. The molecule has 1 aromatic heterocycles. The summed E-state index contributed by atoms with van der Waals surface area (Å²) in [6.45, 7) is 6.57. The Morgan fingerprint density at radius 3 is 2.74 bits per heavy atom. The van der Waals surface area contributed by atoms with Gasteiger partial charge in [0.05, 0.1) is 6.10 Å². The van der Waals surface area contributed by atoms with Crippen LogP contribution in [0, 0.1) is 11.8 Å². The lowest BCUT2D eigenvalue weighted by Crippen LogP contribution is -2.29. The van der Waals surface area contributed by atoms with Gasteiger partial charge in [-0.2, -0.15) is 0 Å². The first kappa shape index (κ1) is 14.4. The molecular weight excluding hydrogens is 260 g/mol. The van der Waals surface area contributed by atoms with Gasteiger partial charge in [-0.05, 0) is 43.6 Å². The van der Waals surface area contributed by atoms with Gasteiger partial charge in [0.25, 0.3) is 0 Å². The first-order valence-electron chi connectivity index (χ1n) is 7.03. The van der Waals surface area contributed by atoms with Gasteiger partial charge in [0, 0.05) is 4.88 Å². The maximum atomic E-state index is 11.2. The largest absolute Gasteiger partial charge is 0.489 e. The minimum absolute atomic E-state index is 0.170. The molecule has 19 heavy (non-hydrogen) atoms. The normalized spacial score (nSPS) is 27.2. The van der Waals surface area contributed by atoms with Crippen LogP contribution in [0.3, 0.4) is 0 Å². The molecule has 2 rings (SSSR count). The Kier molecular flexibility index (Phi) is 4.50. The Morgan fingerprint density at radius 1 is 1.42 bits per heavy atom. The lowest BCUT2D eigenvalue weighted by atomic mass is 9.80. The predicted molar refractivity (Wildman–Crippen MR) is 77.3 cm³/mol. The van der Waals surface area contributed by atoms with Gasteiger partial charge in [-0.3, -0.25) is 0 Å². The molecule has 1 aromatic rings. The van der Waals surface area contributed by atoms with E-state index in [0.717, 1.165) is 30.1 Å². The number of carboxylic acids is 1. The first-order chi connectivity index (χ1) is 9.01. The summed E-state index contributed by atoms with van der Waals surface area (Å²) in [6, 6.07) is 1.90. The van der Waals surface area contributed by atoms with E-state index in [1.54, 1.807) is 0 Å². The topological polar surface area (TPSA) is 46.5 Å². The maximum Gasteiger partial charge on any atom is 0.349 e. The van der Waals surface area contributed by atoms with E-state index in [-0.39, 0.29) is 6.10 Å². The molecule has 0 aromatic carbocycles. The molecule has 1 heterocycles. The highest BCUT2D eigenvalue weighted by molar-refractivity contribution is 7.14. The van der Waals surface area contributed by atoms with Crippen LogP contribution in [-0.4, -0.2) is 17.2 Å². The second-order valence-electron chi connectivity index (χ2n) is 5.57. The third-order valence-corrected chi connectivity index (χ3v) is 5.38. The molecule has 1 aliphatic carbocycles. The zero-order valence-corrected chi connectivity index (χ0v) is 12.6. The van der Waals surface area contributed by atoms with E-state index >= 15 is 0 Å². The van der Waals surface area contributed by atoms with E-state index in [1.807, 2.05) is 13.0 Å². The molecule has 0 bridgehead atoms. The number of aromatic carboxylic acids is 1. The molecular formula is C15H22O3S. The number of thiophene rings is 1. The van der Waals surface area contributed by atoms with Crippen LogP contribution in [0.5, 0.6) is 5.75 Å². The van der Waals surface area contributed by atoms with Crippen molar-refractivity contribution in [3.8, 4) is 5.75 Å².